The lowest BCUT2D eigenvalue weighted by Crippen LogP contribution is -2.41. The predicted octanol–water partition coefficient (Wildman–Crippen LogP) is 2.17. The van der Waals surface area contributed by atoms with Crippen molar-refractivity contribution in [2.45, 2.75) is 52.1 Å². The smallest absolute Gasteiger partial charge is 0.494 e. The fraction of sp³-hybridized carbons (Fsp3) is 0.643. The van der Waals surface area contributed by atoms with Gasteiger partial charge in [0.2, 0.25) is 0 Å². The van der Waals surface area contributed by atoms with E-state index in [1.54, 1.807) is 0 Å². The molecule has 0 atom stereocenters. The molecule has 2 heterocycles. The van der Waals surface area contributed by atoms with E-state index in [1.807, 2.05) is 27.7 Å². The summed E-state index contributed by atoms with van der Waals surface area (Å²) in [5.41, 5.74) is -0.876. The van der Waals surface area contributed by atoms with Crippen molar-refractivity contribution in [1.29, 1.82) is 0 Å². The Balaban J connectivity index is 2.26. The molecule has 19 heavy (non-hydrogen) atoms. The van der Waals surface area contributed by atoms with Crippen LogP contribution in [0.15, 0.2) is 18.3 Å². The maximum atomic E-state index is 7.75. The van der Waals surface area contributed by atoms with E-state index in [0.717, 1.165) is 0 Å². The first-order valence-corrected chi connectivity index (χ1v) is 6.01. The van der Waals surface area contributed by atoms with Crippen LogP contribution in [-0.2, 0) is 9.31 Å². The van der Waals surface area contributed by atoms with Gasteiger partial charge in [0.25, 0.3) is 0 Å². The van der Waals surface area contributed by atoms with Gasteiger partial charge >= 0.3 is 7.12 Å². The van der Waals surface area contributed by atoms with Crippen molar-refractivity contribution in [1.82, 2.24) is 4.98 Å². The Morgan fingerprint density at radius 3 is 2.68 bits per heavy atom. The molecule has 0 aliphatic carbocycles. The molecule has 104 valence electrons. The summed E-state index contributed by atoms with van der Waals surface area (Å²) in [5, 5.41) is 0. The molecule has 0 amide bonds. The molecule has 0 radical (unpaired) electrons. The summed E-state index contributed by atoms with van der Waals surface area (Å²) >= 11 is 0. The molecule has 1 fully saturated rings. The van der Waals surface area contributed by atoms with E-state index in [9.17, 15) is 0 Å². The van der Waals surface area contributed by atoms with Gasteiger partial charge in [-0.1, -0.05) is 6.85 Å². The van der Waals surface area contributed by atoms with Crippen LogP contribution in [0.25, 0.3) is 0 Å². The predicted molar refractivity (Wildman–Crippen MR) is 75.7 cm³/mol. The van der Waals surface area contributed by atoms with E-state index in [0.29, 0.717) is 5.59 Å². The molecule has 2 rings (SSSR count). The Bertz CT molecular complexity index is 663. The molecule has 1 aliphatic heterocycles. The SMILES string of the molecule is [2H]C([2H])([2H])C([2H])([2H])C([2H])([2H])Oc1ccnc(B2OC(C)(C)C(C)(C)O2)c1. The maximum Gasteiger partial charge on any atom is 0.514 e. The van der Waals surface area contributed by atoms with Crippen LogP contribution >= 0.6 is 0 Å². The van der Waals surface area contributed by atoms with E-state index in [1.165, 1.54) is 18.3 Å². The van der Waals surface area contributed by atoms with Crippen molar-refractivity contribution in [2.24, 2.45) is 0 Å². The molecule has 4 nitrogen and oxygen atoms in total. The Kier molecular flexibility index (Phi) is 2.07. The van der Waals surface area contributed by atoms with Crippen LogP contribution in [0.5, 0.6) is 5.75 Å². The topological polar surface area (TPSA) is 40.6 Å². The molecule has 1 aromatic rings. The largest absolute Gasteiger partial charge is 0.514 e. The summed E-state index contributed by atoms with van der Waals surface area (Å²) in [6.07, 6.45) is -1.88. The van der Waals surface area contributed by atoms with E-state index in [-0.39, 0.29) is 5.75 Å². The van der Waals surface area contributed by atoms with E-state index < -0.39 is 38.1 Å². The normalized spacial score (nSPS) is 28.2. The van der Waals surface area contributed by atoms with Gasteiger partial charge in [0.05, 0.1) is 26.1 Å². The molecular formula is C14H22BNO3. The minimum Gasteiger partial charge on any atom is -0.494 e. The van der Waals surface area contributed by atoms with Gasteiger partial charge in [-0.15, -0.1) is 0 Å². The minimum absolute atomic E-state index is 0.0807. The summed E-state index contributed by atoms with van der Waals surface area (Å²) < 4.78 is 69.1. The number of nitrogens with zero attached hydrogens (tertiary/aromatic N) is 1. The number of rotatable bonds is 4. The average molecular weight is 270 g/mol. The van der Waals surface area contributed by atoms with Gasteiger partial charge in [0, 0.05) is 13.1 Å². The summed E-state index contributed by atoms with van der Waals surface area (Å²) in [7, 11) is -0.811. The van der Waals surface area contributed by atoms with Gasteiger partial charge in [0.15, 0.2) is 0 Å². The van der Waals surface area contributed by atoms with Crippen molar-refractivity contribution < 1.29 is 23.6 Å². The fourth-order valence-corrected chi connectivity index (χ4v) is 1.67. The highest BCUT2D eigenvalue weighted by molar-refractivity contribution is 6.61. The maximum absolute atomic E-state index is 7.75. The molecule has 1 aromatic heterocycles. The number of ether oxygens (including phenoxy) is 1. The van der Waals surface area contributed by atoms with Crippen LogP contribution in [0.2, 0.25) is 0 Å². The van der Waals surface area contributed by atoms with Crippen LogP contribution in [0.4, 0.5) is 0 Å². The summed E-state index contributed by atoms with van der Waals surface area (Å²) in [6.45, 7) is 1.20. The van der Waals surface area contributed by atoms with Gasteiger partial charge in [-0.05, 0) is 46.2 Å². The Hall–Kier alpha value is -1.07. The number of hydrogen-bond donors (Lipinski definition) is 0. The van der Waals surface area contributed by atoms with Gasteiger partial charge < -0.3 is 14.0 Å². The highest BCUT2D eigenvalue weighted by Crippen LogP contribution is 2.36. The second kappa shape index (κ2) is 5.14. The zero-order valence-electron chi connectivity index (χ0n) is 18.5. The molecule has 1 saturated heterocycles. The highest BCUT2D eigenvalue weighted by Gasteiger charge is 2.52. The van der Waals surface area contributed by atoms with Crippen molar-refractivity contribution in [3.8, 4) is 5.75 Å². The molecule has 0 spiro atoms. The van der Waals surface area contributed by atoms with Gasteiger partial charge in [-0.2, -0.15) is 0 Å². The lowest BCUT2D eigenvalue weighted by molar-refractivity contribution is 0.00578. The van der Waals surface area contributed by atoms with Crippen LogP contribution in [0.3, 0.4) is 0 Å². The standard InChI is InChI=1S/C14H22BNO3/c1-6-9-17-11-7-8-16-12(10-11)15-18-13(2,3)14(4,5)19-15/h7-8,10H,6,9H2,1-5H3/i1D3,6D2,9D2. The molecule has 0 N–H and O–H groups in total. The second-order valence-corrected chi connectivity index (χ2v) is 5.33. The van der Waals surface area contributed by atoms with Gasteiger partial charge in [0.1, 0.15) is 5.75 Å². The fourth-order valence-electron chi connectivity index (χ4n) is 1.67. The van der Waals surface area contributed by atoms with Crippen molar-refractivity contribution in [2.75, 3.05) is 6.56 Å². The monoisotopic (exact) mass is 270 g/mol. The molecule has 0 aromatic carbocycles. The van der Waals surface area contributed by atoms with E-state index in [2.05, 4.69) is 4.98 Å². The zero-order valence-corrected chi connectivity index (χ0v) is 11.5. The molecule has 0 bridgehead atoms. The Morgan fingerprint density at radius 1 is 1.37 bits per heavy atom. The molecule has 5 heteroatoms. The molecule has 1 aliphatic rings. The van der Waals surface area contributed by atoms with Crippen molar-refractivity contribution >= 4 is 12.7 Å². The summed E-state index contributed by atoms with van der Waals surface area (Å²) in [6, 6.07) is 2.65. The molecule has 0 unspecified atom stereocenters. The highest BCUT2D eigenvalue weighted by atomic mass is 16.7. The first kappa shape index (κ1) is 7.65. The third-order valence-corrected chi connectivity index (χ3v) is 3.47. The Labute approximate surface area is 125 Å². The number of aromatic nitrogens is 1. The van der Waals surface area contributed by atoms with E-state index in [4.69, 9.17) is 23.6 Å². The van der Waals surface area contributed by atoms with E-state index >= 15 is 0 Å². The van der Waals surface area contributed by atoms with Crippen LogP contribution < -0.4 is 10.3 Å². The quantitative estimate of drug-likeness (QED) is 0.786. The third kappa shape index (κ3) is 2.93. The zero-order chi connectivity index (χ0) is 20.2. The van der Waals surface area contributed by atoms with Crippen LogP contribution in [0, 0.1) is 0 Å². The van der Waals surface area contributed by atoms with Gasteiger partial charge in [-0.25, -0.2) is 0 Å². The third-order valence-electron chi connectivity index (χ3n) is 3.47. The van der Waals surface area contributed by atoms with Crippen LogP contribution in [-0.4, -0.2) is 29.9 Å². The average Bonchev–Trinajstić information content (AvgIpc) is 2.66. The number of pyridine rings is 1. The number of hydrogen-bond acceptors (Lipinski definition) is 4. The lowest BCUT2D eigenvalue weighted by atomic mass is 9.84. The molecular weight excluding hydrogens is 241 g/mol. The van der Waals surface area contributed by atoms with Crippen LogP contribution in [0.1, 0.15) is 50.5 Å². The lowest BCUT2D eigenvalue weighted by Gasteiger charge is -2.32. The first-order chi connectivity index (χ1) is 11.5. The Morgan fingerprint density at radius 2 is 2.05 bits per heavy atom. The molecule has 0 saturated carbocycles. The second-order valence-electron chi connectivity index (χ2n) is 5.33. The van der Waals surface area contributed by atoms with Crippen molar-refractivity contribution in [3.63, 3.8) is 0 Å². The first-order valence-electron chi connectivity index (χ1n) is 9.51. The minimum atomic E-state index is -3.21. The summed E-state index contributed by atoms with van der Waals surface area (Å²) in [4.78, 5) is 4.14. The van der Waals surface area contributed by atoms with Crippen molar-refractivity contribution in [3.05, 3.63) is 18.3 Å². The van der Waals surface area contributed by atoms with Gasteiger partial charge in [-0.3, -0.25) is 4.98 Å². The summed E-state index contributed by atoms with van der Waals surface area (Å²) in [5.74, 6) is -0.0807.